The van der Waals surface area contributed by atoms with E-state index in [0.717, 1.165) is 30.4 Å². The number of aromatic nitrogens is 4. The molecule has 1 N–H and O–H groups in total. The number of thioether (sulfide) groups is 1. The number of benzene rings is 1. The Labute approximate surface area is 117 Å². The highest BCUT2D eigenvalue weighted by atomic mass is 32.2. The molecule has 0 fully saturated rings. The van der Waals surface area contributed by atoms with Gasteiger partial charge in [0.15, 0.2) is 0 Å². The van der Waals surface area contributed by atoms with Gasteiger partial charge in [-0.1, -0.05) is 43.0 Å². The minimum atomic E-state index is 0.792. The molecule has 1 heterocycles. The third-order valence-corrected chi connectivity index (χ3v) is 3.90. The zero-order valence-corrected chi connectivity index (χ0v) is 12.2. The van der Waals surface area contributed by atoms with Crippen molar-refractivity contribution in [3.05, 3.63) is 35.4 Å². The molecule has 0 radical (unpaired) electrons. The molecule has 0 aliphatic carbocycles. The second-order valence-electron chi connectivity index (χ2n) is 4.25. The smallest absolute Gasteiger partial charge is 0.209 e. The first-order chi connectivity index (χ1) is 9.33. The predicted octanol–water partition coefficient (Wildman–Crippen LogP) is 1.75. The Kier molecular flexibility index (Phi) is 5.35. The van der Waals surface area contributed by atoms with Crippen LogP contribution in [0.3, 0.4) is 0 Å². The minimum Gasteiger partial charge on any atom is -0.318 e. The average Bonchev–Trinajstić information content (AvgIpc) is 2.91. The molecule has 1 aromatic heterocycles. The molecule has 0 saturated heterocycles. The van der Waals surface area contributed by atoms with Crippen molar-refractivity contribution < 1.29 is 0 Å². The maximum Gasteiger partial charge on any atom is 0.209 e. The highest BCUT2D eigenvalue weighted by molar-refractivity contribution is 7.98. The molecule has 19 heavy (non-hydrogen) atoms. The van der Waals surface area contributed by atoms with E-state index in [-0.39, 0.29) is 0 Å². The quantitative estimate of drug-likeness (QED) is 0.781. The number of hydrogen-bond acceptors (Lipinski definition) is 5. The first-order valence-electron chi connectivity index (χ1n) is 6.45. The minimum absolute atomic E-state index is 0.792. The van der Waals surface area contributed by atoms with E-state index >= 15 is 0 Å². The highest BCUT2D eigenvalue weighted by Crippen LogP contribution is 2.20. The first kappa shape index (κ1) is 14.0. The summed E-state index contributed by atoms with van der Waals surface area (Å²) in [5, 5.41) is 15.7. The Hall–Kier alpha value is -1.40. The van der Waals surface area contributed by atoms with Crippen molar-refractivity contribution in [3.8, 4) is 0 Å². The molecule has 2 aromatic rings. The monoisotopic (exact) mass is 277 g/mol. The lowest BCUT2D eigenvalue weighted by Gasteiger charge is -2.04. The average molecular weight is 277 g/mol. The molecule has 0 spiro atoms. The first-order valence-corrected chi connectivity index (χ1v) is 7.43. The third kappa shape index (κ3) is 4.04. The molecule has 1 aromatic carbocycles. The van der Waals surface area contributed by atoms with Crippen LogP contribution in [-0.4, -0.2) is 33.8 Å². The standard InChI is InChI=1S/C13H19N5S/c1-3-11-4-6-12(7-5-11)10-19-13-15-16-17-18(13)9-8-14-2/h4-7,14H,3,8-10H2,1-2H3. The summed E-state index contributed by atoms with van der Waals surface area (Å²) < 4.78 is 1.83. The van der Waals surface area contributed by atoms with Gasteiger partial charge >= 0.3 is 0 Å². The molecular weight excluding hydrogens is 258 g/mol. The van der Waals surface area contributed by atoms with Crippen LogP contribution in [0, 0.1) is 0 Å². The summed E-state index contributed by atoms with van der Waals surface area (Å²) in [6, 6.07) is 8.71. The fourth-order valence-electron chi connectivity index (χ4n) is 1.68. The van der Waals surface area contributed by atoms with Crippen LogP contribution >= 0.6 is 11.8 Å². The number of nitrogens with zero attached hydrogens (tertiary/aromatic N) is 4. The molecule has 0 atom stereocenters. The molecule has 6 heteroatoms. The topological polar surface area (TPSA) is 55.6 Å². The molecular formula is C13H19N5S. The summed E-state index contributed by atoms with van der Waals surface area (Å²) in [4.78, 5) is 0. The van der Waals surface area contributed by atoms with E-state index in [9.17, 15) is 0 Å². The van der Waals surface area contributed by atoms with E-state index < -0.39 is 0 Å². The van der Waals surface area contributed by atoms with E-state index in [2.05, 4.69) is 52.0 Å². The van der Waals surface area contributed by atoms with Gasteiger partial charge in [0.2, 0.25) is 5.16 Å². The number of aryl methyl sites for hydroxylation is 1. The van der Waals surface area contributed by atoms with E-state index in [1.54, 1.807) is 11.8 Å². The van der Waals surface area contributed by atoms with Crippen LogP contribution in [0.25, 0.3) is 0 Å². The van der Waals surface area contributed by atoms with Crippen molar-refractivity contribution in [2.24, 2.45) is 0 Å². The van der Waals surface area contributed by atoms with Crippen LogP contribution in [0.4, 0.5) is 0 Å². The van der Waals surface area contributed by atoms with Crippen LogP contribution in [0.5, 0.6) is 0 Å². The SMILES string of the molecule is CCc1ccc(CSc2nnnn2CCNC)cc1. The molecule has 0 aliphatic heterocycles. The molecule has 5 nitrogen and oxygen atoms in total. The summed E-state index contributed by atoms with van der Waals surface area (Å²) in [5.74, 6) is 0.893. The summed E-state index contributed by atoms with van der Waals surface area (Å²) in [7, 11) is 1.92. The number of likely N-dealkylation sites (N-methyl/N-ethyl adjacent to an activating group) is 1. The van der Waals surface area contributed by atoms with Crippen LogP contribution in [0.15, 0.2) is 29.4 Å². The number of nitrogens with one attached hydrogen (secondary N) is 1. The van der Waals surface area contributed by atoms with Crippen molar-refractivity contribution in [1.82, 2.24) is 25.5 Å². The van der Waals surface area contributed by atoms with Crippen molar-refractivity contribution in [3.63, 3.8) is 0 Å². The van der Waals surface area contributed by atoms with Gasteiger partial charge in [-0.15, -0.1) is 5.10 Å². The van der Waals surface area contributed by atoms with E-state index in [1.807, 2.05) is 11.7 Å². The molecule has 2 rings (SSSR count). The normalized spacial score (nSPS) is 10.8. The number of tetrazole rings is 1. The molecule has 0 saturated carbocycles. The summed E-state index contributed by atoms with van der Waals surface area (Å²) >= 11 is 1.67. The largest absolute Gasteiger partial charge is 0.318 e. The Morgan fingerprint density at radius 3 is 2.63 bits per heavy atom. The molecule has 0 aliphatic rings. The van der Waals surface area contributed by atoms with Gasteiger partial charge in [0, 0.05) is 12.3 Å². The van der Waals surface area contributed by atoms with Crippen LogP contribution in [0.1, 0.15) is 18.1 Å². The lowest BCUT2D eigenvalue weighted by Crippen LogP contribution is -2.16. The second-order valence-corrected chi connectivity index (χ2v) is 5.19. The van der Waals surface area contributed by atoms with Crippen LogP contribution in [0.2, 0.25) is 0 Å². The molecule has 0 bridgehead atoms. The zero-order valence-electron chi connectivity index (χ0n) is 11.3. The summed E-state index contributed by atoms with van der Waals surface area (Å²) in [6.45, 7) is 3.82. The van der Waals surface area contributed by atoms with Gasteiger partial charge in [0.05, 0.1) is 6.54 Å². The van der Waals surface area contributed by atoms with Gasteiger partial charge in [-0.2, -0.15) is 0 Å². The fourth-order valence-corrected chi connectivity index (χ4v) is 2.54. The Balaban J connectivity index is 1.92. The third-order valence-electron chi connectivity index (χ3n) is 2.87. The van der Waals surface area contributed by atoms with Gasteiger partial charge in [-0.3, -0.25) is 0 Å². The maximum absolute atomic E-state index is 4.05. The Morgan fingerprint density at radius 2 is 1.95 bits per heavy atom. The summed E-state index contributed by atoms with van der Waals surface area (Å²) in [5.41, 5.74) is 2.66. The van der Waals surface area contributed by atoms with E-state index in [4.69, 9.17) is 0 Å². The van der Waals surface area contributed by atoms with E-state index in [1.165, 1.54) is 11.1 Å². The highest BCUT2D eigenvalue weighted by Gasteiger charge is 2.06. The molecule has 0 amide bonds. The van der Waals surface area contributed by atoms with Gasteiger partial charge in [0.25, 0.3) is 0 Å². The van der Waals surface area contributed by atoms with Crippen LogP contribution in [-0.2, 0) is 18.7 Å². The van der Waals surface area contributed by atoms with Gasteiger partial charge in [0.1, 0.15) is 0 Å². The molecule has 0 unspecified atom stereocenters. The lowest BCUT2D eigenvalue weighted by atomic mass is 10.1. The van der Waals surface area contributed by atoms with E-state index in [0.29, 0.717) is 0 Å². The second kappa shape index (κ2) is 7.25. The lowest BCUT2D eigenvalue weighted by molar-refractivity contribution is 0.530. The van der Waals surface area contributed by atoms with Gasteiger partial charge in [-0.05, 0) is 35.0 Å². The fraction of sp³-hybridized carbons (Fsp3) is 0.462. The van der Waals surface area contributed by atoms with Crippen LogP contribution < -0.4 is 5.32 Å². The van der Waals surface area contributed by atoms with Gasteiger partial charge in [-0.25, -0.2) is 4.68 Å². The van der Waals surface area contributed by atoms with Crippen molar-refractivity contribution in [1.29, 1.82) is 0 Å². The predicted molar refractivity (Wildman–Crippen MR) is 77.1 cm³/mol. The van der Waals surface area contributed by atoms with Crippen molar-refractivity contribution >= 4 is 11.8 Å². The van der Waals surface area contributed by atoms with Crippen molar-refractivity contribution in [2.75, 3.05) is 13.6 Å². The maximum atomic E-state index is 4.05. The van der Waals surface area contributed by atoms with Gasteiger partial charge < -0.3 is 5.32 Å². The number of rotatable bonds is 7. The molecule has 102 valence electrons. The van der Waals surface area contributed by atoms with Crippen molar-refractivity contribution in [2.45, 2.75) is 30.8 Å². The number of hydrogen-bond donors (Lipinski definition) is 1. The Bertz CT molecular complexity index is 494. The summed E-state index contributed by atoms with van der Waals surface area (Å²) in [6.07, 6.45) is 1.08. The Morgan fingerprint density at radius 1 is 1.21 bits per heavy atom. The zero-order chi connectivity index (χ0) is 13.5.